The van der Waals surface area contributed by atoms with Crippen molar-refractivity contribution in [2.45, 2.75) is 37.3 Å². The number of amides is 1. The quantitative estimate of drug-likeness (QED) is 0.259. The fraction of sp³-hybridized carbons (Fsp3) is 0.242. The number of rotatable bonds is 5. The van der Waals surface area contributed by atoms with Crippen molar-refractivity contribution >= 4 is 33.3 Å². The summed E-state index contributed by atoms with van der Waals surface area (Å²) in [6.45, 7) is 2.71. The highest BCUT2D eigenvalue weighted by Crippen LogP contribution is 2.62. The van der Waals surface area contributed by atoms with E-state index in [1.165, 1.54) is 6.33 Å². The molecule has 3 aliphatic heterocycles. The van der Waals surface area contributed by atoms with Crippen molar-refractivity contribution in [2.75, 3.05) is 11.9 Å². The summed E-state index contributed by atoms with van der Waals surface area (Å²) in [5.41, 5.74) is 3.62. The van der Waals surface area contributed by atoms with Gasteiger partial charge in [0.05, 0.1) is 17.3 Å². The van der Waals surface area contributed by atoms with Gasteiger partial charge in [-0.3, -0.25) is 14.5 Å². The lowest BCUT2D eigenvalue weighted by molar-refractivity contribution is -0.127. The minimum absolute atomic E-state index is 0.0595. The van der Waals surface area contributed by atoms with E-state index < -0.39 is 11.5 Å². The first kappa shape index (κ1) is 26.2. The van der Waals surface area contributed by atoms with Crippen LogP contribution in [0.15, 0.2) is 96.0 Å². The number of Topliss-reactive ketones (excluding diaryl/α,β-unsaturated/α-hetero) is 1. The molecule has 4 atom stereocenters. The van der Waals surface area contributed by atoms with Crippen LogP contribution in [0, 0.1) is 12.8 Å². The van der Waals surface area contributed by atoms with Gasteiger partial charge < -0.3 is 5.32 Å². The van der Waals surface area contributed by atoms with Gasteiger partial charge in [-0.15, -0.1) is 0 Å². The predicted molar refractivity (Wildman–Crippen MR) is 164 cm³/mol. The molecule has 5 heterocycles. The molecule has 1 amide bonds. The van der Waals surface area contributed by atoms with Crippen LogP contribution >= 0.6 is 15.9 Å². The first-order valence-electron chi connectivity index (χ1n) is 14.5. The van der Waals surface area contributed by atoms with Gasteiger partial charge in [0, 0.05) is 38.8 Å². The maximum Gasteiger partial charge on any atom is 0.250 e. The fourth-order valence-corrected chi connectivity index (χ4v) is 8.10. The van der Waals surface area contributed by atoms with Gasteiger partial charge in [0.1, 0.15) is 18.2 Å². The largest absolute Gasteiger partial charge is 0.324 e. The number of hydrogen-bond donors (Lipinski definition) is 1. The van der Waals surface area contributed by atoms with Crippen molar-refractivity contribution in [3.05, 3.63) is 118 Å². The molecule has 10 heteroatoms. The second-order valence-corrected chi connectivity index (χ2v) is 12.4. The standard InChI is InChI=1S/C33H28BrN7O2/c1-20-27(31(40-19-35-18-36-40)41(38-20)23-8-3-2-4-9-23)28-26-12-7-17-39(26)33(24-10-5-6-11-25(24)37-32(33)43)29(28)30(42)21-13-15-22(34)16-14-21/h2-6,8-11,13-16,18-19,26,28-29H,7,12,17H2,1H3,(H,37,43). The molecule has 4 unspecified atom stereocenters. The van der Waals surface area contributed by atoms with E-state index in [-0.39, 0.29) is 23.7 Å². The van der Waals surface area contributed by atoms with E-state index in [1.54, 1.807) is 11.0 Å². The molecular formula is C33H28BrN7O2. The molecule has 2 saturated heterocycles. The van der Waals surface area contributed by atoms with Crippen LogP contribution in [0.5, 0.6) is 0 Å². The molecule has 9 nitrogen and oxygen atoms in total. The molecule has 5 aromatic rings. The third-order valence-electron chi connectivity index (χ3n) is 9.37. The first-order chi connectivity index (χ1) is 21.0. The Bertz CT molecular complexity index is 1870. The molecule has 43 heavy (non-hydrogen) atoms. The Balaban J connectivity index is 1.43. The highest BCUT2D eigenvalue weighted by Gasteiger charge is 2.70. The van der Waals surface area contributed by atoms with Crippen molar-refractivity contribution in [1.82, 2.24) is 29.4 Å². The Morgan fingerprint density at radius 2 is 1.79 bits per heavy atom. The average molecular weight is 635 g/mol. The number of anilines is 1. The van der Waals surface area contributed by atoms with Crippen LogP contribution in [0.1, 0.15) is 45.9 Å². The van der Waals surface area contributed by atoms with E-state index in [4.69, 9.17) is 5.10 Å². The third-order valence-corrected chi connectivity index (χ3v) is 9.90. The van der Waals surface area contributed by atoms with Gasteiger partial charge in [-0.25, -0.2) is 14.3 Å². The molecule has 0 saturated carbocycles. The van der Waals surface area contributed by atoms with Gasteiger partial charge in [-0.05, 0) is 56.6 Å². The van der Waals surface area contributed by atoms with E-state index in [1.807, 2.05) is 90.5 Å². The van der Waals surface area contributed by atoms with Gasteiger partial charge in [-0.2, -0.15) is 10.2 Å². The van der Waals surface area contributed by atoms with Gasteiger partial charge in [0.25, 0.3) is 0 Å². The number of ketones is 1. The third kappa shape index (κ3) is 3.69. The monoisotopic (exact) mass is 633 g/mol. The summed E-state index contributed by atoms with van der Waals surface area (Å²) in [5.74, 6) is -0.524. The highest BCUT2D eigenvalue weighted by molar-refractivity contribution is 9.10. The maximum absolute atomic E-state index is 15.0. The van der Waals surface area contributed by atoms with Crippen LogP contribution in [-0.2, 0) is 10.3 Å². The number of nitrogens with one attached hydrogen (secondary N) is 1. The molecule has 3 aromatic carbocycles. The Kier molecular flexibility index (Phi) is 5.99. The van der Waals surface area contributed by atoms with Crippen LogP contribution in [0.3, 0.4) is 0 Å². The van der Waals surface area contributed by atoms with Crippen LogP contribution in [0.2, 0.25) is 0 Å². The Morgan fingerprint density at radius 1 is 1.02 bits per heavy atom. The predicted octanol–water partition coefficient (Wildman–Crippen LogP) is 5.43. The summed E-state index contributed by atoms with van der Waals surface area (Å²) in [6, 6.07) is 25.1. The number of aromatic nitrogens is 5. The van der Waals surface area contributed by atoms with Gasteiger partial charge in [-0.1, -0.05) is 64.5 Å². The summed E-state index contributed by atoms with van der Waals surface area (Å²) in [5, 5.41) is 12.7. The molecule has 2 aromatic heterocycles. The lowest BCUT2D eigenvalue weighted by atomic mass is 9.68. The Hall–Kier alpha value is -4.41. The number of carbonyl (C=O) groups excluding carboxylic acids is 2. The first-order valence-corrected chi connectivity index (χ1v) is 15.3. The molecule has 214 valence electrons. The summed E-state index contributed by atoms with van der Waals surface area (Å²) in [7, 11) is 0. The molecule has 0 aliphatic carbocycles. The van der Waals surface area contributed by atoms with Crippen molar-refractivity contribution < 1.29 is 9.59 Å². The second kappa shape index (κ2) is 9.82. The SMILES string of the molecule is Cc1nn(-c2ccccc2)c(-n2cncn2)c1C1C2CCCN2C2(C(=O)Nc3ccccc32)C1C(=O)c1ccc(Br)cc1. The van der Waals surface area contributed by atoms with E-state index in [0.717, 1.165) is 57.9 Å². The molecule has 2 fully saturated rings. The lowest BCUT2D eigenvalue weighted by Crippen LogP contribution is -2.52. The molecule has 1 N–H and O–H groups in total. The number of hydrogen-bond acceptors (Lipinski definition) is 6. The van der Waals surface area contributed by atoms with Crippen LogP contribution in [0.25, 0.3) is 11.5 Å². The van der Waals surface area contributed by atoms with E-state index >= 15 is 0 Å². The molecule has 0 radical (unpaired) electrons. The Morgan fingerprint density at radius 3 is 2.56 bits per heavy atom. The van der Waals surface area contributed by atoms with E-state index in [9.17, 15) is 9.59 Å². The smallest absolute Gasteiger partial charge is 0.250 e. The number of fused-ring (bicyclic) bond motifs is 4. The van der Waals surface area contributed by atoms with Crippen LogP contribution < -0.4 is 5.32 Å². The number of benzene rings is 3. The topological polar surface area (TPSA) is 97.9 Å². The number of halogens is 1. The number of nitrogens with zero attached hydrogens (tertiary/aromatic N) is 6. The van der Waals surface area contributed by atoms with Crippen molar-refractivity contribution in [3.63, 3.8) is 0 Å². The second-order valence-electron chi connectivity index (χ2n) is 11.5. The van der Waals surface area contributed by atoms with Gasteiger partial charge in [0.2, 0.25) is 5.91 Å². The molecule has 3 aliphatic rings. The Labute approximate surface area is 256 Å². The minimum Gasteiger partial charge on any atom is -0.324 e. The van der Waals surface area contributed by atoms with Crippen LogP contribution in [0.4, 0.5) is 5.69 Å². The summed E-state index contributed by atoms with van der Waals surface area (Å²) in [4.78, 5) is 36.0. The molecular weight excluding hydrogens is 606 g/mol. The van der Waals surface area contributed by atoms with Crippen molar-refractivity contribution in [1.29, 1.82) is 0 Å². The molecule has 0 bridgehead atoms. The zero-order valence-electron chi connectivity index (χ0n) is 23.4. The average Bonchev–Trinajstić information content (AvgIpc) is 3.84. The fourth-order valence-electron chi connectivity index (χ4n) is 7.83. The lowest BCUT2D eigenvalue weighted by Gasteiger charge is -2.36. The summed E-state index contributed by atoms with van der Waals surface area (Å²) in [6.07, 6.45) is 4.96. The van der Waals surface area contributed by atoms with E-state index in [2.05, 4.69) is 36.2 Å². The van der Waals surface area contributed by atoms with Crippen molar-refractivity contribution in [2.24, 2.45) is 5.92 Å². The summed E-state index contributed by atoms with van der Waals surface area (Å²) < 4.78 is 4.50. The number of aryl methyl sites for hydroxylation is 1. The van der Waals surface area contributed by atoms with Crippen LogP contribution in [-0.4, -0.2) is 53.7 Å². The zero-order valence-corrected chi connectivity index (χ0v) is 25.0. The molecule has 1 spiro atoms. The number of para-hydroxylation sites is 2. The minimum atomic E-state index is -1.16. The van der Waals surface area contributed by atoms with E-state index in [0.29, 0.717) is 5.56 Å². The van der Waals surface area contributed by atoms with Crippen molar-refractivity contribution in [3.8, 4) is 11.5 Å². The maximum atomic E-state index is 15.0. The number of carbonyl (C=O) groups is 2. The zero-order chi connectivity index (χ0) is 29.3. The normalized spacial score (nSPS) is 24.3. The van der Waals surface area contributed by atoms with Gasteiger partial charge >= 0.3 is 0 Å². The summed E-state index contributed by atoms with van der Waals surface area (Å²) >= 11 is 3.51. The van der Waals surface area contributed by atoms with Gasteiger partial charge in [0.15, 0.2) is 11.6 Å². The molecule has 8 rings (SSSR count). The highest BCUT2D eigenvalue weighted by atomic mass is 79.9.